The topological polar surface area (TPSA) is 72.6 Å². The Morgan fingerprint density at radius 2 is 2.11 bits per heavy atom. The van der Waals surface area contributed by atoms with Gasteiger partial charge in [0.25, 0.3) is 5.91 Å². The van der Waals surface area contributed by atoms with Crippen LogP contribution in [-0.2, 0) is 16.0 Å². The molecule has 0 radical (unpaired) electrons. The summed E-state index contributed by atoms with van der Waals surface area (Å²) < 4.78 is 9.69. The van der Waals surface area contributed by atoms with Gasteiger partial charge >= 0.3 is 5.97 Å². The van der Waals surface area contributed by atoms with Gasteiger partial charge in [-0.2, -0.15) is 0 Å². The number of esters is 1. The number of carbonyl (C=O) groups is 2. The van der Waals surface area contributed by atoms with E-state index in [4.69, 9.17) is 4.52 Å². The fraction of sp³-hybridized carbons (Fsp3) is 0.615. The maximum atomic E-state index is 12.3. The first-order chi connectivity index (χ1) is 8.92. The van der Waals surface area contributed by atoms with Crippen molar-refractivity contribution in [2.24, 2.45) is 5.92 Å². The molecule has 1 aromatic rings. The van der Waals surface area contributed by atoms with Crippen LogP contribution in [0.3, 0.4) is 0 Å². The Morgan fingerprint density at radius 1 is 1.47 bits per heavy atom. The second-order valence-electron chi connectivity index (χ2n) is 4.52. The highest BCUT2D eigenvalue weighted by molar-refractivity contribution is 5.96. The van der Waals surface area contributed by atoms with E-state index in [0.29, 0.717) is 30.0 Å². The first-order valence-electron chi connectivity index (χ1n) is 6.20. The zero-order chi connectivity index (χ0) is 14.6. The van der Waals surface area contributed by atoms with E-state index in [0.717, 1.165) is 0 Å². The molecule has 0 saturated heterocycles. The van der Waals surface area contributed by atoms with E-state index in [1.807, 2.05) is 6.92 Å². The quantitative estimate of drug-likeness (QED) is 0.755. The number of hydrogen-bond donors (Lipinski definition) is 0. The van der Waals surface area contributed by atoms with Gasteiger partial charge in [0.1, 0.15) is 11.3 Å². The van der Waals surface area contributed by atoms with Crippen LogP contribution in [0.5, 0.6) is 0 Å². The molecule has 6 heteroatoms. The van der Waals surface area contributed by atoms with Gasteiger partial charge in [0.05, 0.1) is 18.7 Å². The summed E-state index contributed by atoms with van der Waals surface area (Å²) in [5, 5.41) is 3.85. The molecule has 1 heterocycles. The Balaban J connectivity index is 2.82. The minimum absolute atomic E-state index is 0.189. The summed E-state index contributed by atoms with van der Waals surface area (Å²) in [7, 11) is 2.98. The molecular weight excluding hydrogens is 248 g/mol. The highest BCUT2D eigenvalue weighted by Crippen LogP contribution is 2.16. The lowest BCUT2D eigenvalue weighted by atomic mass is 10.1. The summed E-state index contributed by atoms with van der Waals surface area (Å²) in [6, 6.07) is 0. The molecule has 0 bridgehead atoms. The molecule has 106 valence electrons. The molecule has 0 aromatic carbocycles. The van der Waals surface area contributed by atoms with Gasteiger partial charge < -0.3 is 14.2 Å². The third kappa shape index (κ3) is 3.33. The molecule has 1 rings (SSSR count). The number of hydrogen-bond acceptors (Lipinski definition) is 5. The third-order valence-electron chi connectivity index (χ3n) is 2.98. The standard InChI is InChI=1S/C13H20N2O4/c1-6-10-11(9(3)19-14-10)12(16)15(4)7-8(2)13(17)18-5/h8H,6-7H2,1-5H3. The summed E-state index contributed by atoms with van der Waals surface area (Å²) in [5.41, 5.74) is 1.13. The highest BCUT2D eigenvalue weighted by Gasteiger charge is 2.25. The Bertz CT molecular complexity index is 467. The number of ether oxygens (including phenoxy) is 1. The lowest BCUT2D eigenvalue weighted by Crippen LogP contribution is -2.34. The van der Waals surface area contributed by atoms with Crippen LogP contribution in [0.25, 0.3) is 0 Å². The Kier molecular flexibility index (Phi) is 5.09. The van der Waals surface area contributed by atoms with Crippen LogP contribution in [0, 0.1) is 12.8 Å². The summed E-state index contributed by atoms with van der Waals surface area (Å²) >= 11 is 0. The number of rotatable bonds is 5. The van der Waals surface area contributed by atoms with Crippen molar-refractivity contribution in [3.05, 3.63) is 17.0 Å². The second kappa shape index (κ2) is 6.36. The number of nitrogens with zero attached hydrogens (tertiary/aromatic N) is 2. The van der Waals surface area contributed by atoms with Crippen LogP contribution < -0.4 is 0 Å². The number of aromatic nitrogens is 1. The highest BCUT2D eigenvalue weighted by atomic mass is 16.5. The normalized spacial score (nSPS) is 12.1. The van der Waals surface area contributed by atoms with Crippen molar-refractivity contribution in [3.8, 4) is 0 Å². The molecule has 0 spiro atoms. The zero-order valence-electron chi connectivity index (χ0n) is 12.0. The van der Waals surface area contributed by atoms with Crippen LogP contribution in [0.4, 0.5) is 0 Å². The van der Waals surface area contributed by atoms with Crippen LogP contribution in [0.15, 0.2) is 4.52 Å². The van der Waals surface area contributed by atoms with E-state index in [1.54, 1.807) is 20.9 Å². The zero-order valence-corrected chi connectivity index (χ0v) is 12.0. The molecule has 1 amide bonds. The Labute approximate surface area is 112 Å². The minimum Gasteiger partial charge on any atom is -0.469 e. The Hall–Kier alpha value is -1.85. The van der Waals surface area contributed by atoms with E-state index in [1.165, 1.54) is 12.0 Å². The molecule has 0 saturated carbocycles. The maximum absolute atomic E-state index is 12.3. The van der Waals surface area contributed by atoms with Crippen molar-refractivity contribution in [1.29, 1.82) is 0 Å². The summed E-state index contributed by atoms with van der Waals surface area (Å²) in [6.07, 6.45) is 0.624. The van der Waals surface area contributed by atoms with E-state index in [-0.39, 0.29) is 17.8 Å². The molecule has 0 N–H and O–H groups in total. The van der Waals surface area contributed by atoms with Gasteiger partial charge in [-0.3, -0.25) is 9.59 Å². The van der Waals surface area contributed by atoms with Gasteiger partial charge in [-0.05, 0) is 13.3 Å². The largest absolute Gasteiger partial charge is 0.469 e. The molecule has 6 nitrogen and oxygen atoms in total. The van der Waals surface area contributed by atoms with Gasteiger partial charge in [0, 0.05) is 13.6 Å². The predicted molar refractivity (Wildman–Crippen MR) is 68.8 cm³/mol. The molecule has 0 aliphatic heterocycles. The van der Waals surface area contributed by atoms with Crippen molar-refractivity contribution in [2.75, 3.05) is 20.7 Å². The first kappa shape index (κ1) is 15.2. The van der Waals surface area contributed by atoms with Crippen molar-refractivity contribution < 1.29 is 18.8 Å². The number of methoxy groups -OCH3 is 1. The van der Waals surface area contributed by atoms with Crippen LogP contribution in [0.2, 0.25) is 0 Å². The monoisotopic (exact) mass is 268 g/mol. The summed E-state index contributed by atoms with van der Waals surface area (Å²) in [5.74, 6) is -0.396. The van der Waals surface area contributed by atoms with Crippen LogP contribution in [0.1, 0.15) is 35.7 Å². The lowest BCUT2D eigenvalue weighted by Gasteiger charge is -2.20. The molecule has 1 aromatic heterocycles. The fourth-order valence-corrected chi connectivity index (χ4v) is 1.89. The molecule has 0 aliphatic rings. The molecule has 0 aliphatic carbocycles. The van der Waals surface area contributed by atoms with Crippen molar-refractivity contribution in [2.45, 2.75) is 27.2 Å². The van der Waals surface area contributed by atoms with Gasteiger partial charge in [-0.15, -0.1) is 0 Å². The fourth-order valence-electron chi connectivity index (χ4n) is 1.89. The van der Waals surface area contributed by atoms with E-state index < -0.39 is 0 Å². The molecule has 1 unspecified atom stereocenters. The molecule has 0 fully saturated rings. The Morgan fingerprint density at radius 3 is 2.63 bits per heavy atom. The van der Waals surface area contributed by atoms with Crippen LogP contribution >= 0.6 is 0 Å². The average molecular weight is 268 g/mol. The van der Waals surface area contributed by atoms with E-state index in [2.05, 4.69) is 9.89 Å². The van der Waals surface area contributed by atoms with Gasteiger partial charge in [-0.25, -0.2) is 0 Å². The summed E-state index contributed by atoms with van der Waals surface area (Å²) in [4.78, 5) is 25.2. The number of aryl methyl sites for hydroxylation is 2. The lowest BCUT2D eigenvalue weighted by molar-refractivity contribution is -0.145. The van der Waals surface area contributed by atoms with Crippen LogP contribution in [-0.4, -0.2) is 42.6 Å². The van der Waals surface area contributed by atoms with Gasteiger partial charge in [-0.1, -0.05) is 19.0 Å². The van der Waals surface area contributed by atoms with Crippen molar-refractivity contribution in [1.82, 2.24) is 10.1 Å². The minimum atomic E-state index is -0.371. The van der Waals surface area contributed by atoms with E-state index >= 15 is 0 Å². The number of carbonyl (C=O) groups excluding carboxylic acids is 2. The maximum Gasteiger partial charge on any atom is 0.310 e. The second-order valence-corrected chi connectivity index (χ2v) is 4.52. The SMILES string of the molecule is CCc1noc(C)c1C(=O)N(C)CC(C)C(=O)OC. The average Bonchev–Trinajstić information content (AvgIpc) is 2.77. The molecule has 1 atom stereocenters. The third-order valence-corrected chi connectivity index (χ3v) is 2.98. The predicted octanol–water partition coefficient (Wildman–Crippen LogP) is 1.43. The van der Waals surface area contributed by atoms with E-state index in [9.17, 15) is 9.59 Å². The van der Waals surface area contributed by atoms with Crippen molar-refractivity contribution in [3.63, 3.8) is 0 Å². The molecule has 19 heavy (non-hydrogen) atoms. The smallest absolute Gasteiger partial charge is 0.310 e. The van der Waals surface area contributed by atoms with Gasteiger partial charge in [0.15, 0.2) is 0 Å². The summed E-state index contributed by atoms with van der Waals surface area (Å²) in [6.45, 7) is 5.62. The van der Waals surface area contributed by atoms with Gasteiger partial charge in [0.2, 0.25) is 0 Å². The first-order valence-corrected chi connectivity index (χ1v) is 6.20. The van der Waals surface area contributed by atoms with Crippen molar-refractivity contribution >= 4 is 11.9 Å². The molecular formula is C13H20N2O4. The number of amides is 1.